The molecule has 1 aromatic heterocycles. The van der Waals surface area contributed by atoms with E-state index < -0.39 is 5.97 Å². The molecule has 0 aliphatic carbocycles. The van der Waals surface area contributed by atoms with Crippen LogP contribution in [0.5, 0.6) is 5.75 Å². The highest BCUT2D eigenvalue weighted by atomic mass is 16.5. The van der Waals surface area contributed by atoms with Gasteiger partial charge in [-0.3, -0.25) is 0 Å². The molecule has 0 fully saturated rings. The quantitative estimate of drug-likeness (QED) is 0.723. The van der Waals surface area contributed by atoms with E-state index in [-0.39, 0.29) is 6.42 Å². The van der Waals surface area contributed by atoms with Crippen molar-refractivity contribution in [1.82, 2.24) is 4.57 Å². The van der Waals surface area contributed by atoms with Crippen molar-refractivity contribution in [2.24, 2.45) is 0 Å². The van der Waals surface area contributed by atoms with Gasteiger partial charge in [0.2, 0.25) is 0 Å². The number of carboxylic acid groups (broad SMARTS) is 1. The zero-order chi connectivity index (χ0) is 15.5. The summed E-state index contributed by atoms with van der Waals surface area (Å²) in [6.45, 7) is 0.678. The predicted octanol–water partition coefficient (Wildman–Crippen LogP) is 1.99. The second-order valence-electron chi connectivity index (χ2n) is 5.17. The first kappa shape index (κ1) is 14.2. The zero-order valence-electron chi connectivity index (χ0n) is 12.3. The molecular formula is C18H16NO3-. The zero-order valence-corrected chi connectivity index (χ0v) is 12.3. The first-order valence-electron chi connectivity index (χ1n) is 7.07. The number of ether oxygens (including phenoxy) is 1. The number of rotatable bonds is 5. The minimum atomic E-state index is -1.09. The van der Waals surface area contributed by atoms with Gasteiger partial charge in [0.25, 0.3) is 0 Å². The summed E-state index contributed by atoms with van der Waals surface area (Å²) < 4.78 is 7.43. The third kappa shape index (κ3) is 2.68. The van der Waals surface area contributed by atoms with Crippen molar-refractivity contribution in [2.75, 3.05) is 7.11 Å². The second kappa shape index (κ2) is 5.93. The van der Waals surface area contributed by atoms with Gasteiger partial charge in [-0.05, 0) is 23.3 Å². The predicted molar refractivity (Wildman–Crippen MR) is 82.7 cm³/mol. The van der Waals surface area contributed by atoms with E-state index >= 15 is 0 Å². The summed E-state index contributed by atoms with van der Waals surface area (Å²) in [5, 5.41) is 11.9. The van der Waals surface area contributed by atoms with E-state index in [0.717, 1.165) is 16.5 Å². The number of aliphatic carboxylic acids is 1. The van der Waals surface area contributed by atoms with Crippen molar-refractivity contribution in [3.05, 3.63) is 65.9 Å². The third-order valence-corrected chi connectivity index (χ3v) is 3.70. The Morgan fingerprint density at radius 2 is 1.91 bits per heavy atom. The first-order chi connectivity index (χ1) is 10.7. The molecule has 0 saturated carbocycles. The fraction of sp³-hybridized carbons (Fsp3) is 0.167. The van der Waals surface area contributed by atoms with Gasteiger partial charge < -0.3 is 19.2 Å². The van der Waals surface area contributed by atoms with Crippen LogP contribution in [0.15, 0.2) is 54.7 Å². The van der Waals surface area contributed by atoms with Crippen LogP contribution in [0, 0.1) is 0 Å². The molecule has 0 atom stereocenters. The summed E-state index contributed by atoms with van der Waals surface area (Å²) in [4.78, 5) is 11.0. The SMILES string of the molecule is COc1cccc2c1c(CC(=O)[O-])cn2Cc1ccccc1. The Bertz CT molecular complexity index is 806. The van der Waals surface area contributed by atoms with Crippen molar-refractivity contribution < 1.29 is 14.6 Å². The molecule has 2 aromatic carbocycles. The van der Waals surface area contributed by atoms with Gasteiger partial charge in [-0.15, -0.1) is 0 Å². The maximum atomic E-state index is 11.0. The molecule has 4 nitrogen and oxygen atoms in total. The van der Waals surface area contributed by atoms with Gasteiger partial charge in [0, 0.05) is 30.5 Å². The van der Waals surface area contributed by atoms with Crippen LogP contribution < -0.4 is 9.84 Å². The van der Waals surface area contributed by atoms with Crippen molar-refractivity contribution in [1.29, 1.82) is 0 Å². The topological polar surface area (TPSA) is 54.3 Å². The van der Waals surface area contributed by atoms with Gasteiger partial charge in [-0.1, -0.05) is 36.4 Å². The molecule has 0 unspecified atom stereocenters. The van der Waals surface area contributed by atoms with Crippen molar-refractivity contribution in [3.8, 4) is 5.75 Å². The van der Waals surface area contributed by atoms with Crippen LogP contribution in [0.2, 0.25) is 0 Å². The maximum absolute atomic E-state index is 11.0. The van der Waals surface area contributed by atoms with Crippen LogP contribution in [0.25, 0.3) is 10.9 Å². The van der Waals surface area contributed by atoms with Crippen LogP contribution >= 0.6 is 0 Å². The van der Waals surface area contributed by atoms with E-state index in [1.165, 1.54) is 0 Å². The largest absolute Gasteiger partial charge is 0.550 e. The number of carbonyl (C=O) groups is 1. The molecule has 3 aromatic rings. The fourth-order valence-electron chi connectivity index (χ4n) is 2.77. The Morgan fingerprint density at radius 1 is 1.14 bits per heavy atom. The standard InChI is InChI=1S/C18H17NO3/c1-22-16-9-5-8-15-18(16)14(10-17(20)21)12-19(15)11-13-6-3-2-4-7-13/h2-9,12H,10-11H2,1H3,(H,20,21)/p-1. The Balaban J connectivity index is 2.12. The minimum Gasteiger partial charge on any atom is -0.550 e. The third-order valence-electron chi connectivity index (χ3n) is 3.70. The highest BCUT2D eigenvalue weighted by Crippen LogP contribution is 2.31. The molecule has 0 saturated heterocycles. The smallest absolute Gasteiger partial charge is 0.128 e. The molecule has 112 valence electrons. The molecule has 22 heavy (non-hydrogen) atoms. The average Bonchev–Trinajstić information content (AvgIpc) is 2.85. The molecule has 0 bridgehead atoms. The number of carbonyl (C=O) groups excluding carboxylic acids is 1. The fourth-order valence-corrected chi connectivity index (χ4v) is 2.77. The molecule has 0 radical (unpaired) electrons. The Labute approximate surface area is 128 Å². The van der Waals surface area contributed by atoms with Crippen LogP contribution in [0.3, 0.4) is 0 Å². The van der Waals surface area contributed by atoms with Crippen LogP contribution in [0.4, 0.5) is 0 Å². The maximum Gasteiger partial charge on any atom is 0.128 e. The monoisotopic (exact) mass is 294 g/mol. The lowest BCUT2D eigenvalue weighted by molar-refractivity contribution is -0.304. The Morgan fingerprint density at radius 3 is 2.59 bits per heavy atom. The number of aromatic nitrogens is 1. The van der Waals surface area contributed by atoms with Gasteiger partial charge in [0.15, 0.2) is 0 Å². The Hall–Kier alpha value is -2.75. The van der Waals surface area contributed by atoms with E-state index in [1.807, 2.05) is 59.3 Å². The van der Waals surface area contributed by atoms with Crippen molar-refractivity contribution in [3.63, 3.8) is 0 Å². The van der Waals surface area contributed by atoms with Crippen LogP contribution in [-0.2, 0) is 17.8 Å². The normalized spacial score (nSPS) is 10.8. The summed E-state index contributed by atoms with van der Waals surface area (Å²) in [7, 11) is 1.59. The number of carboxylic acids is 1. The highest BCUT2D eigenvalue weighted by Gasteiger charge is 2.13. The summed E-state index contributed by atoms with van der Waals surface area (Å²) in [5.74, 6) is -0.412. The highest BCUT2D eigenvalue weighted by molar-refractivity contribution is 5.92. The molecule has 0 N–H and O–H groups in total. The second-order valence-corrected chi connectivity index (χ2v) is 5.17. The van der Waals surface area contributed by atoms with E-state index in [4.69, 9.17) is 4.74 Å². The molecule has 0 aliphatic rings. The molecule has 4 heteroatoms. The van der Waals surface area contributed by atoms with Gasteiger partial charge in [0.1, 0.15) is 5.75 Å². The van der Waals surface area contributed by atoms with Gasteiger partial charge in [-0.2, -0.15) is 0 Å². The summed E-state index contributed by atoms with van der Waals surface area (Å²) in [5.41, 5.74) is 2.82. The van der Waals surface area contributed by atoms with Gasteiger partial charge in [-0.25, -0.2) is 0 Å². The summed E-state index contributed by atoms with van der Waals surface area (Å²) in [6.07, 6.45) is 1.74. The Kier molecular flexibility index (Phi) is 3.83. The number of nitrogens with zero attached hydrogens (tertiary/aromatic N) is 1. The lowest BCUT2D eigenvalue weighted by atomic mass is 10.1. The molecular weight excluding hydrogens is 278 g/mol. The first-order valence-corrected chi connectivity index (χ1v) is 7.07. The van der Waals surface area contributed by atoms with Crippen molar-refractivity contribution in [2.45, 2.75) is 13.0 Å². The summed E-state index contributed by atoms with van der Waals surface area (Å²) in [6, 6.07) is 15.8. The van der Waals surface area contributed by atoms with E-state index in [9.17, 15) is 9.90 Å². The van der Waals surface area contributed by atoms with Crippen LogP contribution in [0.1, 0.15) is 11.1 Å². The minimum absolute atomic E-state index is 0.126. The van der Waals surface area contributed by atoms with E-state index in [2.05, 4.69) is 0 Å². The number of benzene rings is 2. The lowest BCUT2D eigenvalue weighted by Crippen LogP contribution is -2.24. The van der Waals surface area contributed by atoms with E-state index in [0.29, 0.717) is 17.9 Å². The van der Waals surface area contributed by atoms with Gasteiger partial charge in [0.05, 0.1) is 12.6 Å². The summed E-state index contributed by atoms with van der Waals surface area (Å²) >= 11 is 0. The number of methoxy groups -OCH3 is 1. The van der Waals surface area contributed by atoms with Gasteiger partial charge >= 0.3 is 0 Å². The van der Waals surface area contributed by atoms with Crippen LogP contribution in [-0.4, -0.2) is 17.6 Å². The van der Waals surface area contributed by atoms with E-state index in [1.54, 1.807) is 7.11 Å². The average molecular weight is 294 g/mol. The molecule has 0 spiro atoms. The van der Waals surface area contributed by atoms with Crippen molar-refractivity contribution >= 4 is 16.9 Å². The molecule has 1 heterocycles. The number of hydrogen-bond donors (Lipinski definition) is 0. The molecule has 0 aliphatic heterocycles. The molecule has 0 amide bonds. The molecule has 3 rings (SSSR count). The number of hydrogen-bond acceptors (Lipinski definition) is 3. The lowest BCUT2D eigenvalue weighted by Gasteiger charge is -2.07. The number of fused-ring (bicyclic) bond motifs is 1.